The number of amidine groups is 1. The normalized spacial score (nSPS) is 18.4. The molecule has 2 heterocycles. The first-order chi connectivity index (χ1) is 13.0. The molecule has 1 spiro atoms. The van der Waals surface area contributed by atoms with Crippen molar-refractivity contribution >= 4 is 17.2 Å². The largest absolute Gasteiger partial charge is 0.381 e. The van der Waals surface area contributed by atoms with Crippen LogP contribution in [0.3, 0.4) is 0 Å². The number of rotatable bonds is 2. The third kappa shape index (κ3) is 3.72. The molecule has 0 unspecified atom stereocenters. The molecule has 0 bridgehead atoms. The van der Waals surface area contributed by atoms with Crippen molar-refractivity contribution in [2.24, 2.45) is 4.99 Å². The first-order valence-corrected chi connectivity index (χ1v) is 9.84. The topological polar surface area (TPSA) is 45.7 Å². The summed E-state index contributed by atoms with van der Waals surface area (Å²) in [6, 6.07) is 17.2. The molecule has 27 heavy (non-hydrogen) atoms. The first kappa shape index (κ1) is 18.1. The van der Waals surface area contributed by atoms with E-state index in [1.54, 1.807) is 0 Å². The van der Waals surface area contributed by atoms with Gasteiger partial charge in [-0.25, -0.2) is 4.99 Å². The Labute approximate surface area is 162 Å². The van der Waals surface area contributed by atoms with Crippen LogP contribution in [-0.4, -0.2) is 24.6 Å². The summed E-state index contributed by atoms with van der Waals surface area (Å²) >= 11 is 0. The molecule has 0 amide bonds. The average molecular weight is 364 g/mol. The highest BCUT2D eigenvalue weighted by Gasteiger charge is 2.40. The summed E-state index contributed by atoms with van der Waals surface area (Å²) in [5.74, 6) is 1.03. The van der Waals surface area contributed by atoms with Crippen LogP contribution >= 0.6 is 0 Å². The molecule has 0 saturated carbocycles. The lowest BCUT2D eigenvalue weighted by atomic mass is 9.86. The van der Waals surface area contributed by atoms with Crippen LogP contribution in [0.1, 0.15) is 44.7 Å². The fourth-order valence-electron chi connectivity index (χ4n) is 3.82. The van der Waals surface area contributed by atoms with Gasteiger partial charge in [-0.2, -0.15) is 0 Å². The molecule has 0 radical (unpaired) electrons. The van der Waals surface area contributed by atoms with E-state index in [9.17, 15) is 0 Å². The molecule has 142 valence electrons. The summed E-state index contributed by atoms with van der Waals surface area (Å²) in [6.45, 7) is 9.03. The number of fused-ring (bicyclic) bond motifs is 1. The molecule has 1 fully saturated rings. The number of aliphatic imine (C=N–C) groups is 1. The molecule has 2 aromatic rings. The van der Waals surface area contributed by atoms with E-state index in [1.165, 1.54) is 11.1 Å². The Morgan fingerprint density at radius 2 is 1.74 bits per heavy atom. The molecule has 0 aromatic heterocycles. The van der Waals surface area contributed by atoms with Gasteiger partial charge in [0.2, 0.25) is 0 Å². The van der Waals surface area contributed by atoms with E-state index < -0.39 is 0 Å². The van der Waals surface area contributed by atoms with Crippen LogP contribution in [-0.2, 0) is 16.7 Å². The lowest BCUT2D eigenvalue weighted by molar-refractivity contribution is 0.0771. The maximum Gasteiger partial charge on any atom is 0.129 e. The molecule has 4 heteroatoms. The molecule has 2 N–H and O–H groups in total. The van der Waals surface area contributed by atoms with Gasteiger partial charge in [-0.15, -0.1) is 0 Å². The lowest BCUT2D eigenvalue weighted by Crippen LogP contribution is -2.56. The third-order valence-corrected chi connectivity index (χ3v) is 5.59. The van der Waals surface area contributed by atoms with Crippen LogP contribution in [0, 0.1) is 0 Å². The SMILES string of the molecule is CC(C)(C)c1ccc(CNC2=Nc3ccccc3NC23CCOCC3)cc1. The van der Waals surface area contributed by atoms with E-state index in [0.717, 1.165) is 49.8 Å². The van der Waals surface area contributed by atoms with Gasteiger partial charge in [-0.3, -0.25) is 0 Å². The van der Waals surface area contributed by atoms with Gasteiger partial charge in [0.05, 0.1) is 16.9 Å². The maximum absolute atomic E-state index is 5.62. The van der Waals surface area contributed by atoms with E-state index in [0.29, 0.717) is 0 Å². The molecule has 1 saturated heterocycles. The highest BCUT2D eigenvalue weighted by atomic mass is 16.5. The summed E-state index contributed by atoms with van der Waals surface area (Å²) in [7, 11) is 0. The van der Waals surface area contributed by atoms with Crippen LogP contribution in [0.25, 0.3) is 0 Å². The number of ether oxygens (including phenoxy) is 1. The molecule has 2 aliphatic heterocycles. The third-order valence-electron chi connectivity index (χ3n) is 5.59. The highest BCUT2D eigenvalue weighted by molar-refractivity contribution is 6.00. The van der Waals surface area contributed by atoms with Gasteiger partial charge < -0.3 is 15.4 Å². The monoisotopic (exact) mass is 363 g/mol. The highest BCUT2D eigenvalue weighted by Crippen LogP contribution is 2.37. The Hall–Kier alpha value is -2.33. The van der Waals surface area contributed by atoms with Crippen molar-refractivity contribution in [1.29, 1.82) is 0 Å². The smallest absolute Gasteiger partial charge is 0.129 e. The number of anilines is 1. The van der Waals surface area contributed by atoms with Crippen LogP contribution in [0.5, 0.6) is 0 Å². The number of benzene rings is 2. The minimum absolute atomic E-state index is 0.155. The van der Waals surface area contributed by atoms with Crippen molar-refractivity contribution in [1.82, 2.24) is 5.32 Å². The zero-order chi connectivity index (χ0) is 18.9. The lowest BCUT2D eigenvalue weighted by Gasteiger charge is -2.42. The molecule has 2 aromatic carbocycles. The summed E-state index contributed by atoms with van der Waals surface area (Å²) < 4.78 is 5.62. The molecule has 0 aliphatic carbocycles. The minimum atomic E-state index is -0.155. The number of nitrogens with one attached hydrogen (secondary N) is 2. The standard InChI is InChI=1S/C23H29N3O/c1-22(2,3)18-10-8-17(9-11-18)16-24-21-23(12-14-27-15-13-23)26-20-7-5-4-6-19(20)25-21/h4-11,26H,12-16H2,1-3H3,(H,24,25). The fraction of sp³-hybridized carbons (Fsp3) is 0.435. The Balaban J connectivity index is 1.56. The van der Waals surface area contributed by atoms with Crippen LogP contribution in [0.2, 0.25) is 0 Å². The van der Waals surface area contributed by atoms with Crippen molar-refractivity contribution in [2.45, 2.75) is 51.1 Å². The minimum Gasteiger partial charge on any atom is -0.381 e. The van der Waals surface area contributed by atoms with Gasteiger partial charge in [0.25, 0.3) is 0 Å². The van der Waals surface area contributed by atoms with Crippen LogP contribution in [0.4, 0.5) is 11.4 Å². The van der Waals surface area contributed by atoms with Gasteiger partial charge in [0.15, 0.2) is 0 Å². The second-order valence-corrected chi connectivity index (χ2v) is 8.60. The Kier molecular flexibility index (Phi) is 4.68. The zero-order valence-electron chi connectivity index (χ0n) is 16.5. The summed E-state index contributed by atoms with van der Waals surface area (Å²) in [5, 5.41) is 7.38. The number of nitrogens with zero attached hydrogens (tertiary/aromatic N) is 1. The van der Waals surface area contributed by atoms with E-state index in [2.05, 4.69) is 73.9 Å². The van der Waals surface area contributed by atoms with Crippen molar-refractivity contribution in [3.8, 4) is 0 Å². The maximum atomic E-state index is 5.62. The molecule has 4 rings (SSSR count). The van der Waals surface area contributed by atoms with Gasteiger partial charge in [0.1, 0.15) is 5.84 Å². The molecular formula is C23H29N3O. The molecular weight excluding hydrogens is 334 g/mol. The first-order valence-electron chi connectivity index (χ1n) is 9.84. The van der Waals surface area contributed by atoms with Crippen molar-refractivity contribution in [3.05, 3.63) is 59.7 Å². The van der Waals surface area contributed by atoms with E-state index in [1.807, 2.05) is 6.07 Å². The predicted octanol–water partition coefficient (Wildman–Crippen LogP) is 4.78. The average Bonchev–Trinajstić information content (AvgIpc) is 2.66. The van der Waals surface area contributed by atoms with Crippen molar-refractivity contribution < 1.29 is 4.74 Å². The fourth-order valence-corrected chi connectivity index (χ4v) is 3.82. The van der Waals surface area contributed by atoms with Crippen LogP contribution in [0.15, 0.2) is 53.5 Å². The van der Waals surface area contributed by atoms with E-state index in [-0.39, 0.29) is 11.0 Å². The quantitative estimate of drug-likeness (QED) is 0.807. The number of hydrogen-bond acceptors (Lipinski definition) is 4. The molecule has 2 aliphatic rings. The van der Waals surface area contributed by atoms with Gasteiger partial charge in [-0.1, -0.05) is 57.2 Å². The Morgan fingerprint density at radius 1 is 1.04 bits per heavy atom. The summed E-state index contributed by atoms with van der Waals surface area (Å²) in [6.07, 6.45) is 1.85. The summed E-state index contributed by atoms with van der Waals surface area (Å²) in [4.78, 5) is 4.98. The Bertz CT molecular complexity index is 827. The van der Waals surface area contributed by atoms with E-state index >= 15 is 0 Å². The Morgan fingerprint density at radius 3 is 2.44 bits per heavy atom. The zero-order valence-corrected chi connectivity index (χ0v) is 16.5. The summed E-state index contributed by atoms with van der Waals surface area (Å²) in [5.41, 5.74) is 4.76. The molecule has 0 atom stereocenters. The molecule has 4 nitrogen and oxygen atoms in total. The van der Waals surface area contributed by atoms with Crippen molar-refractivity contribution in [2.75, 3.05) is 18.5 Å². The predicted molar refractivity (Wildman–Crippen MR) is 112 cm³/mol. The second-order valence-electron chi connectivity index (χ2n) is 8.60. The number of para-hydroxylation sites is 2. The van der Waals surface area contributed by atoms with Crippen LogP contribution < -0.4 is 10.6 Å². The second kappa shape index (κ2) is 7.01. The number of hydrogen-bond donors (Lipinski definition) is 2. The van der Waals surface area contributed by atoms with E-state index in [4.69, 9.17) is 9.73 Å². The van der Waals surface area contributed by atoms with Gasteiger partial charge in [-0.05, 0) is 28.7 Å². The van der Waals surface area contributed by atoms with Gasteiger partial charge in [0, 0.05) is 32.6 Å². The van der Waals surface area contributed by atoms with Crippen molar-refractivity contribution in [3.63, 3.8) is 0 Å². The van der Waals surface area contributed by atoms with Gasteiger partial charge >= 0.3 is 0 Å².